The van der Waals surface area contributed by atoms with Gasteiger partial charge in [-0.3, -0.25) is 0 Å². The topological polar surface area (TPSA) is 48.1 Å². The van der Waals surface area contributed by atoms with Gasteiger partial charge in [-0.05, 0) is 56.6 Å². The highest BCUT2D eigenvalue weighted by atomic mass is 16.5. The maximum absolute atomic E-state index is 6.02. The van der Waals surface area contributed by atoms with Crippen LogP contribution in [-0.2, 0) is 19.4 Å². The highest BCUT2D eigenvalue weighted by Gasteiger charge is 2.17. The first-order valence-corrected chi connectivity index (χ1v) is 7.48. The maximum Gasteiger partial charge on any atom is 0.218 e. The third-order valence-corrected chi connectivity index (χ3v) is 3.68. The molecule has 19 heavy (non-hydrogen) atoms. The molecule has 0 aromatic carbocycles. The van der Waals surface area contributed by atoms with Gasteiger partial charge in [-0.2, -0.15) is 0 Å². The molecule has 0 saturated carbocycles. The highest BCUT2D eigenvalue weighted by molar-refractivity contribution is 5.35. The highest BCUT2D eigenvalue weighted by Crippen LogP contribution is 2.27. The molecule has 0 radical (unpaired) electrons. The fourth-order valence-electron chi connectivity index (χ4n) is 2.81. The normalized spacial score (nSPS) is 16.3. The molecule has 1 aromatic heterocycles. The van der Waals surface area contributed by atoms with Gasteiger partial charge in [0, 0.05) is 17.8 Å². The summed E-state index contributed by atoms with van der Waals surface area (Å²) in [6, 6.07) is 2.21. The number of hydrogen-bond donors (Lipinski definition) is 1. The van der Waals surface area contributed by atoms with E-state index in [2.05, 4.69) is 26.8 Å². The van der Waals surface area contributed by atoms with Crippen LogP contribution in [0.15, 0.2) is 6.07 Å². The Labute approximate surface area is 116 Å². The Morgan fingerprint density at radius 2 is 2.00 bits per heavy atom. The van der Waals surface area contributed by atoms with Gasteiger partial charge in [0.1, 0.15) is 0 Å². The van der Waals surface area contributed by atoms with E-state index in [0.29, 0.717) is 12.5 Å². The average Bonchev–Trinajstić information content (AvgIpc) is 2.36. The summed E-state index contributed by atoms with van der Waals surface area (Å²) < 4.78 is 6.02. The van der Waals surface area contributed by atoms with Crippen molar-refractivity contribution in [2.75, 3.05) is 0 Å². The monoisotopic (exact) mass is 262 g/mol. The molecule has 2 rings (SSSR count). The Kier molecular flexibility index (Phi) is 4.81. The third kappa shape index (κ3) is 3.69. The van der Waals surface area contributed by atoms with Crippen molar-refractivity contribution in [2.45, 2.75) is 65.5 Å². The lowest BCUT2D eigenvalue weighted by atomic mass is 9.95. The van der Waals surface area contributed by atoms with Gasteiger partial charge >= 0.3 is 0 Å². The number of aromatic nitrogens is 1. The van der Waals surface area contributed by atoms with E-state index in [0.717, 1.165) is 30.7 Å². The van der Waals surface area contributed by atoms with Crippen molar-refractivity contribution in [2.24, 2.45) is 11.7 Å². The van der Waals surface area contributed by atoms with Crippen LogP contribution in [0.1, 0.15) is 56.9 Å². The molecule has 3 nitrogen and oxygen atoms in total. The second kappa shape index (κ2) is 6.38. The predicted molar refractivity (Wildman–Crippen MR) is 78.3 cm³/mol. The fraction of sp³-hybridized carbons (Fsp3) is 0.688. The van der Waals surface area contributed by atoms with Crippen molar-refractivity contribution >= 4 is 0 Å². The second-order valence-electron chi connectivity index (χ2n) is 6.03. The van der Waals surface area contributed by atoms with Crippen molar-refractivity contribution in [1.82, 2.24) is 4.98 Å². The lowest BCUT2D eigenvalue weighted by molar-refractivity contribution is 0.183. The molecule has 1 heterocycles. The van der Waals surface area contributed by atoms with Gasteiger partial charge < -0.3 is 10.5 Å². The van der Waals surface area contributed by atoms with Gasteiger partial charge in [0.2, 0.25) is 5.88 Å². The van der Waals surface area contributed by atoms with Crippen molar-refractivity contribution in [3.05, 3.63) is 22.9 Å². The number of ether oxygens (including phenoxy) is 1. The Bertz CT molecular complexity index is 429. The molecule has 106 valence electrons. The maximum atomic E-state index is 6.02. The van der Waals surface area contributed by atoms with E-state index in [1.807, 2.05) is 0 Å². The minimum Gasteiger partial charge on any atom is -0.474 e. The molecular weight excluding hydrogens is 236 g/mol. The summed E-state index contributed by atoms with van der Waals surface area (Å²) in [5, 5.41) is 0. The van der Waals surface area contributed by atoms with Crippen LogP contribution in [0.4, 0.5) is 0 Å². The van der Waals surface area contributed by atoms with E-state index in [-0.39, 0.29) is 6.10 Å². The molecule has 0 amide bonds. The average molecular weight is 262 g/mol. The Morgan fingerprint density at radius 1 is 1.26 bits per heavy atom. The van der Waals surface area contributed by atoms with Crippen LogP contribution in [0.2, 0.25) is 0 Å². The summed E-state index contributed by atoms with van der Waals surface area (Å²) in [6.45, 7) is 7.04. The largest absolute Gasteiger partial charge is 0.474 e. The summed E-state index contributed by atoms with van der Waals surface area (Å²) in [4.78, 5) is 4.73. The standard InChI is InChI=1S/C16H26N2O/c1-11(2)8-12(3)19-16-14(10-17)9-13-6-4-5-7-15(13)18-16/h9,11-12H,4-8,10,17H2,1-3H3. The van der Waals surface area contributed by atoms with Gasteiger partial charge in [0.05, 0.1) is 6.10 Å². The third-order valence-electron chi connectivity index (χ3n) is 3.68. The van der Waals surface area contributed by atoms with Gasteiger partial charge in [-0.1, -0.05) is 13.8 Å². The van der Waals surface area contributed by atoms with Crippen LogP contribution in [0.25, 0.3) is 0 Å². The Morgan fingerprint density at radius 3 is 2.68 bits per heavy atom. The second-order valence-corrected chi connectivity index (χ2v) is 6.03. The number of rotatable bonds is 5. The van der Waals surface area contributed by atoms with Crippen LogP contribution in [0.5, 0.6) is 5.88 Å². The van der Waals surface area contributed by atoms with Crippen molar-refractivity contribution in [3.63, 3.8) is 0 Å². The number of hydrogen-bond acceptors (Lipinski definition) is 3. The van der Waals surface area contributed by atoms with E-state index in [9.17, 15) is 0 Å². The smallest absolute Gasteiger partial charge is 0.218 e. The molecule has 1 unspecified atom stereocenters. The number of nitrogens with zero attached hydrogens (tertiary/aromatic N) is 1. The molecule has 1 aliphatic rings. The fourth-order valence-corrected chi connectivity index (χ4v) is 2.81. The zero-order chi connectivity index (χ0) is 13.8. The molecule has 1 atom stereocenters. The van der Waals surface area contributed by atoms with Gasteiger partial charge in [0.25, 0.3) is 0 Å². The lowest BCUT2D eigenvalue weighted by Crippen LogP contribution is -2.18. The molecule has 0 fully saturated rings. The first-order valence-electron chi connectivity index (χ1n) is 7.48. The molecule has 0 aliphatic heterocycles. The van der Waals surface area contributed by atoms with E-state index in [4.69, 9.17) is 15.5 Å². The number of fused-ring (bicyclic) bond motifs is 1. The predicted octanol–water partition coefficient (Wildman–Crippen LogP) is 3.23. The van der Waals surface area contributed by atoms with Crippen LogP contribution in [-0.4, -0.2) is 11.1 Å². The molecule has 0 spiro atoms. The van der Waals surface area contributed by atoms with Crippen molar-refractivity contribution in [1.29, 1.82) is 0 Å². The molecule has 0 saturated heterocycles. The minimum absolute atomic E-state index is 0.194. The first kappa shape index (κ1) is 14.3. The molecular formula is C16H26N2O. The van der Waals surface area contributed by atoms with E-state index in [1.165, 1.54) is 24.1 Å². The van der Waals surface area contributed by atoms with Gasteiger partial charge in [-0.25, -0.2) is 4.98 Å². The lowest BCUT2D eigenvalue weighted by Gasteiger charge is -2.21. The zero-order valence-corrected chi connectivity index (χ0v) is 12.4. The zero-order valence-electron chi connectivity index (χ0n) is 12.4. The number of nitrogens with two attached hydrogens (primary N) is 1. The summed E-state index contributed by atoms with van der Waals surface area (Å²) in [6.07, 6.45) is 5.96. The van der Waals surface area contributed by atoms with Crippen LogP contribution >= 0.6 is 0 Å². The van der Waals surface area contributed by atoms with Crippen LogP contribution in [0.3, 0.4) is 0 Å². The van der Waals surface area contributed by atoms with Crippen LogP contribution < -0.4 is 10.5 Å². The van der Waals surface area contributed by atoms with Gasteiger partial charge in [0.15, 0.2) is 0 Å². The summed E-state index contributed by atoms with van der Waals surface area (Å²) in [5.74, 6) is 1.39. The first-order chi connectivity index (χ1) is 9.10. The molecule has 1 aliphatic carbocycles. The number of pyridine rings is 1. The van der Waals surface area contributed by atoms with Crippen molar-refractivity contribution in [3.8, 4) is 5.88 Å². The Balaban J connectivity index is 2.18. The molecule has 3 heteroatoms. The van der Waals surface area contributed by atoms with Gasteiger partial charge in [-0.15, -0.1) is 0 Å². The summed E-state index contributed by atoms with van der Waals surface area (Å²) in [7, 11) is 0. The Hall–Kier alpha value is -1.09. The van der Waals surface area contributed by atoms with E-state index >= 15 is 0 Å². The minimum atomic E-state index is 0.194. The number of aryl methyl sites for hydroxylation is 2. The van der Waals surface area contributed by atoms with Crippen molar-refractivity contribution < 1.29 is 4.74 Å². The molecule has 2 N–H and O–H groups in total. The van der Waals surface area contributed by atoms with E-state index < -0.39 is 0 Å². The summed E-state index contributed by atoms with van der Waals surface area (Å²) in [5.41, 5.74) is 9.48. The van der Waals surface area contributed by atoms with Crippen LogP contribution in [0, 0.1) is 5.92 Å². The quantitative estimate of drug-likeness (QED) is 0.886. The molecule has 0 bridgehead atoms. The van der Waals surface area contributed by atoms with E-state index in [1.54, 1.807) is 0 Å². The molecule has 1 aromatic rings. The SMILES string of the molecule is CC(C)CC(C)Oc1nc2c(cc1CN)CCCC2. The summed E-state index contributed by atoms with van der Waals surface area (Å²) >= 11 is 0.